The quantitative estimate of drug-likeness (QED) is 0.562. The number of carbonyl (C=O) groups excluding carboxylic acids is 1. The van der Waals surface area contributed by atoms with E-state index in [-0.39, 0.29) is 11.7 Å². The van der Waals surface area contributed by atoms with Crippen LogP contribution < -0.4 is 5.32 Å². The molecule has 0 aliphatic rings. The molecule has 0 atom stereocenters. The molecule has 0 unspecified atom stereocenters. The maximum absolute atomic E-state index is 14.1. The molecular formula is C20H16FN3OS. The highest BCUT2D eigenvalue weighted by Crippen LogP contribution is 2.33. The van der Waals surface area contributed by atoms with E-state index in [1.54, 1.807) is 23.9 Å². The lowest BCUT2D eigenvalue weighted by Crippen LogP contribution is -2.14. The Kier molecular flexibility index (Phi) is 4.26. The molecule has 0 bridgehead atoms. The van der Waals surface area contributed by atoms with E-state index in [9.17, 15) is 9.18 Å². The van der Waals surface area contributed by atoms with Gasteiger partial charge in [0.1, 0.15) is 5.82 Å². The largest absolute Gasteiger partial charge is 0.321 e. The number of hydrogen-bond donors (Lipinski definition) is 1. The molecule has 0 aliphatic carbocycles. The van der Waals surface area contributed by atoms with Crippen LogP contribution in [-0.2, 0) is 6.54 Å². The number of fused-ring (bicyclic) bond motifs is 1. The zero-order valence-electron chi connectivity index (χ0n) is 14.1. The molecule has 4 rings (SSSR count). The molecule has 0 aliphatic heterocycles. The molecular weight excluding hydrogens is 349 g/mol. The van der Waals surface area contributed by atoms with E-state index in [4.69, 9.17) is 0 Å². The number of anilines is 1. The van der Waals surface area contributed by atoms with Gasteiger partial charge in [-0.2, -0.15) is 5.10 Å². The van der Waals surface area contributed by atoms with Gasteiger partial charge in [-0.1, -0.05) is 24.3 Å². The Labute approximate surface area is 153 Å². The average Bonchev–Trinajstić information content (AvgIpc) is 3.25. The van der Waals surface area contributed by atoms with Crippen molar-refractivity contribution in [3.05, 3.63) is 82.7 Å². The van der Waals surface area contributed by atoms with Crippen LogP contribution in [0.2, 0.25) is 0 Å². The lowest BCUT2D eigenvalue weighted by Gasteiger charge is -2.11. The average molecular weight is 365 g/mol. The number of hydrogen-bond acceptors (Lipinski definition) is 3. The highest BCUT2D eigenvalue weighted by atomic mass is 32.1. The number of aromatic nitrogens is 2. The maximum Gasteiger partial charge on any atom is 0.266 e. The summed E-state index contributed by atoms with van der Waals surface area (Å²) < 4.78 is 16.7. The molecule has 0 spiro atoms. The summed E-state index contributed by atoms with van der Waals surface area (Å²) in [7, 11) is 0. The molecule has 2 heterocycles. The minimum Gasteiger partial charge on any atom is -0.321 e. The first-order chi connectivity index (χ1) is 12.6. The third-order valence-electron chi connectivity index (χ3n) is 4.27. The van der Waals surface area contributed by atoms with Crippen molar-refractivity contribution in [1.29, 1.82) is 0 Å². The number of rotatable bonds is 4. The predicted octanol–water partition coefficient (Wildman–Crippen LogP) is 4.85. The molecule has 0 fully saturated rings. The van der Waals surface area contributed by atoms with E-state index >= 15 is 0 Å². The van der Waals surface area contributed by atoms with Crippen LogP contribution >= 0.6 is 11.3 Å². The Morgan fingerprint density at radius 3 is 2.81 bits per heavy atom. The van der Waals surface area contributed by atoms with Crippen LogP contribution in [0.15, 0.2) is 60.9 Å². The van der Waals surface area contributed by atoms with Gasteiger partial charge in [0.05, 0.1) is 11.4 Å². The fourth-order valence-electron chi connectivity index (χ4n) is 3.00. The highest BCUT2D eigenvalue weighted by molar-refractivity contribution is 7.21. The summed E-state index contributed by atoms with van der Waals surface area (Å²) in [4.78, 5) is 13.4. The molecule has 130 valence electrons. The summed E-state index contributed by atoms with van der Waals surface area (Å²) in [6.45, 7) is 2.34. The van der Waals surface area contributed by atoms with Gasteiger partial charge in [0, 0.05) is 28.2 Å². The second kappa shape index (κ2) is 6.72. The molecule has 0 saturated carbocycles. The van der Waals surface area contributed by atoms with E-state index in [1.165, 1.54) is 17.4 Å². The van der Waals surface area contributed by atoms with Gasteiger partial charge in [-0.3, -0.25) is 9.48 Å². The number of nitrogens with one attached hydrogen (secondary N) is 1. The van der Waals surface area contributed by atoms with Crippen molar-refractivity contribution in [3.63, 3.8) is 0 Å². The maximum atomic E-state index is 14.1. The van der Waals surface area contributed by atoms with E-state index in [1.807, 2.05) is 42.6 Å². The molecule has 4 aromatic rings. The predicted molar refractivity (Wildman–Crippen MR) is 102 cm³/mol. The zero-order chi connectivity index (χ0) is 18.1. The molecule has 0 radical (unpaired) electrons. The van der Waals surface area contributed by atoms with Gasteiger partial charge in [-0.05, 0) is 42.3 Å². The number of amides is 1. The van der Waals surface area contributed by atoms with Gasteiger partial charge < -0.3 is 5.32 Å². The first-order valence-electron chi connectivity index (χ1n) is 8.18. The monoisotopic (exact) mass is 365 g/mol. The van der Waals surface area contributed by atoms with E-state index in [0.717, 1.165) is 16.0 Å². The first-order valence-corrected chi connectivity index (χ1v) is 8.99. The van der Waals surface area contributed by atoms with E-state index in [2.05, 4.69) is 10.4 Å². The number of thiophene rings is 1. The van der Waals surface area contributed by atoms with Crippen LogP contribution in [0.3, 0.4) is 0 Å². The molecule has 0 saturated heterocycles. The summed E-state index contributed by atoms with van der Waals surface area (Å²) in [6, 6.07) is 14.4. The van der Waals surface area contributed by atoms with Crippen molar-refractivity contribution in [3.8, 4) is 0 Å². The van der Waals surface area contributed by atoms with Crippen LogP contribution in [0.25, 0.3) is 10.1 Å². The number of nitrogens with zero attached hydrogens (tertiary/aromatic N) is 2. The van der Waals surface area contributed by atoms with Crippen LogP contribution in [0.4, 0.5) is 10.1 Å². The fraction of sp³-hybridized carbons (Fsp3) is 0.100. The second-order valence-electron chi connectivity index (χ2n) is 5.98. The number of para-hydroxylation sites is 1. The fourth-order valence-corrected chi connectivity index (χ4v) is 4.12. The summed E-state index contributed by atoms with van der Waals surface area (Å²) in [5, 5.41) is 7.70. The zero-order valence-corrected chi connectivity index (χ0v) is 14.9. The van der Waals surface area contributed by atoms with Crippen molar-refractivity contribution in [1.82, 2.24) is 9.78 Å². The van der Waals surface area contributed by atoms with E-state index in [0.29, 0.717) is 22.4 Å². The topological polar surface area (TPSA) is 46.9 Å². The normalized spacial score (nSPS) is 11.0. The van der Waals surface area contributed by atoms with Crippen molar-refractivity contribution < 1.29 is 9.18 Å². The number of halogens is 1. The number of carbonyl (C=O) groups is 1. The Hall–Kier alpha value is -2.99. The molecule has 4 nitrogen and oxygen atoms in total. The van der Waals surface area contributed by atoms with Gasteiger partial charge in [-0.25, -0.2) is 4.39 Å². The third-order valence-corrected chi connectivity index (χ3v) is 5.52. The highest BCUT2D eigenvalue weighted by Gasteiger charge is 2.18. The van der Waals surface area contributed by atoms with Crippen molar-refractivity contribution >= 4 is 33.0 Å². The van der Waals surface area contributed by atoms with Gasteiger partial charge in [0.25, 0.3) is 5.91 Å². The standard InChI is InChI=1S/C20H16FN3OS/c1-13-18-15(21)7-4-9-17(18)26-19(13)20(25)23-16-8-3-2-6-14(16)12-24-11-5-10-22-24/h2-11H,12H2,1H3,(H,23,25). The Morgan fingerprint density at radius 2 is 2.04 bits per heavy atom. The molecule has 26 heavy (non-hydrogen) atoms. The Balaban J connectivity index is 1.65. The molecule has 2 aromatic carbocycles. The van der Waals surface area contributed by atoms with Crippen molar-refractivity contribution in [2.75, 3.05) is 5.32 Å². The molecule has 6 heteroatoms. The smallest absolute Gasteiger partial charge is 0.266 e. The van der Waals surface area contributed by atoms with Crippen LogP contribution in [-0.4, -0.2) is 15.7 Å². The third kappa shape index (κ3) is 2.99. The van der Waals surface area contributed by atoms with Crippen molar-refractivity contribution in [2.24, 2.45) is 0 Å². The second-order valence-corrected chi connectivity index (χ2v) is 7.04. The van der Waals surface area contributed by atoms with E-state index < -0.39 is 0 Å². The minimum absolute atomic E-state index is 0.226. The van der Waals surface area contributed by atoms with Gasteiger partial charge >= 0.3 is 0 Å². The molecule has 1 amide bonds. The van der Waals surface area contributed by atoms with Crippen LogP contribution in [0.5, 0.6) is 0 Å². The summed E-state index contributed by atoms with van der Waals surface area (Å²) in [5.74, 6) is -0.523. The lowest BCUT2D eigenvalue weighted by molar-refractivity contribution is 0.103. The number of benzene rings is 2. The van der Waals surface area contributed by atoms with Crippen molar-refractivity contribution in [2.45, 2.75) is 13.5 Å². The molecule has 1 N–H and O–H groups in total. The van der Waals surface area contributed by atoms with Gasteiger partial charge in [-0.15, -0.1) is 11.3 Å². The SMILES string of the molecule is Cc1c(C(=O)Nc2ccccc2Cn2cccn2)sc2cccc(F)c12. The summed E-state index contributed by atoms with van der Waals surface area (Å²) in [5.41, 5.74) is 2.35. The Morgan fingerprint density at radius 1 is 1.19 bits per heavy atom. The molecule has 2 aromatic heterocycles. The first kappa shape index (κ1) is 16.5. The summed E-state index contributed by atoms with van der Waals surface area (Å²) >= 11 is 1.31. The minimum atomic E-state index is -0.297. The van der Waals surface area contributed by atoms with Gasteiger partial charge in [0.2, 0.25) is 0 Å². The van der Waals surface area contributed by atoms with Gasteiger partial charge in [0.15, 0.2) is 0 Å². The van der Waals surface area contributed by atoms with Crippen LogP contribution in [0.1, 0.15) is 20.8 Å². The Bertz CT molecular complexity index is 1090. The summed E-state index contributed by atoms with van der Waals surface area (Å²) in [6.07, 6.45) is 3.59. The number of aryl methyl sites for hydroxylation is 1. The lowest BCUT2D eigenvalue weighted by atomic mass is 10.1. The van der Waals surface area contributed by atoms with Crippen LogP contribution in [0, 0.1) is 12.7 Å².